The van der Waals surface area contributed by atoms with Gasteiger partial charge in [0.05, 0.1) is 0 Å². The summed E-state index contributed by atoms with van der Waals surface area (Å²) in [6.07, 6.45) is 1.15. The van der Waals surface area contributed by atoms with Crippen molar-refractivity contribution in [3.8, 4) is 0 Å². The van der Waals surface area contributed by atoms with E-state index in [0.717, 1.165) is 0 Å². The maximum absolute atomic E-state index is 11.6. The van der Waals surface area contributed by atoms with E-state index >= 15 is 0 Å². The lowest BCUT2D eigenvalue weighted by atomic mass is 9.87. The lowest BCUT2D eigenvalue weighted by Gasteiger charge is -2.28. The number of amides is 3. The molecule has 1 rings (SSSR count). The molecule has 7 nitrogen and oxygen atoms in total. The SMILES string of the molecule is CC(C)(C)[C@H](NC(=O)NCC1CCC(=O)N1)C(=O)O. The maximum Gasteiger partial charge on any atom is 0.326 e. The third kappa shape index (κ3) is 4.76. The van der Waals surface area contributed by atoms with Gasteiger partial charge in [0.25, 0.3) is 0 Å². The molecule has 0 bridgehead atoms. The Balaban J connectivity index is 2.41. The van der Waals surface area contributed by atoms with Crippen molar-refractivity contribution in [3.63, 3.8) is 0 Å². The summed E-state index contributed by atoms with van der Waals surface area (Å²) in [7, 11) is 0. The number of rotatable bonds is 4. The smallest absolute Gasteiger partial charge is 0.326 e. The first-order valence-corrected chi connectivity index (χ1v) is 6.26. The minimum Gasteiger partial charge on any atom is -0.480 e. The molecule has 4 N–H and O–H groups in total. The molecular weight excluding hydrogens is 250 g/mol. The fraction of sp³-hybridized carbons (Fsp3) is 0.750. The Morgan fingerprint density at radius 2 is 2.11 bits per heavy atom. The van der Waals surface area contributed by atoms with Crippen LogP contribution in [0.3, 0.4) is 0 Å². The summed E-state index contributed by atoms with van der Waals surface area (Å²) in [6.45, 7) is 5.52. The van der Waals surface area contributed by atoms with Crippen molar-refractivity contribution in [3.05, 3.63) is 0 Å². The van der Waals surface area contributed by atoms with Gasteiger partial charge in [0.15, 0.2) is 0 Å². The Kier molecular flexibility index (Phi) is 4.74. The minimum atomic E-state index is -1.07. The van der Waals surface area contributed by atoms with Gasteiger partial charge in [-0.2, -0.15) is 0 Å². The molecule has 0 saturated carbocycles. The topological polar surface area (TPSA) is 108 Å². The van der Waals surface area contributed by atoms with E-state index in [0.29, 0.717) is 19.4 Å². The number of carbonyl (C=O) groups excluding carboxylic acids is 2. The third-order valence-corrected chi connectivity index (χ3v) is 2.98. The van der Waals surface area contributed by atoms with Crippen LogP contribution in [-0.4, -0.2) is 41.6 Å². The molecule has 0 spiro atoms. The van der Waals surface area contributed by atoms with Gasteiger partial charge in [0.2, 0.25) is 5.91 Å². The largest absolute Gasteiger partial charge is 0.480 e. The van der Waals surface area contributed by atoms with Gasteiger partial charge in [-0.15, -0.1) is 0 Å². The molecule has 1 unspecified atom stereocenters. The van der Waals surface area contributed by atoms with Crippen molar-refractivity contribution in [2.75, 3.05) is 6.54 Å². The average Bonchev–Trinajstić information content (AvgIpc) is 2.67. The zero-order chi connectivity index (χ0) is 14.6. The zero-order valence-corrected chi connectivity index (χ0v) is 11.4. The molecule has 1 aliphatic rings. The Hall–Kier alpha value is -1.79. The number of carboxylic acids is 1. The summed E-state index contributed by atoms with van der Waals surface area (Å²) in [5.74, 6) is -1.10. The van der Waals surface area contributed by atoms with Crippen molar-refractivity contribution >= 4 is 17.9 Å². The quantitative estimate of drug-likeness (QED) is 0.580. The van der Waals surface area contributed by atoms with Crippen LogP contribution in [0.15, 0.2) is 0 Å². The molecule has 0 aromatic carbocycles. The Morgan fingerprint density at radius 1 is 1.47 bits per heavy atom. The first-order valence-electron chi connectivity index (χ1n) is 6.26. The fourth-order valence-corrected chi connectivity index (χ4v) is 1.88. The number of carboxylic acid groups (broad SMARTS) is 1. The summed E-state index contributed by atoms with van der Waals surface area (Å²) in [4.78, 5) is 33.7. The molecule has 2 atom stereocenters. The Bertz CT molecular complexity index is 376. The number of hydrogen-bond acceptors (Lipinski definition) is 3. The van der Waals surface area contributed by atoms with Gasteiger partial charge in [0.1, 0.15) is 6.04 Å². The predicted molar refractivity (Wildman–Crippen MR) is 68.6 cm³/mol. The molecule has 1 saturated heterocycles. The highest BCUT2D eigenvalue weighted by Gasteiger charge is 2.32. The van der Waals surface area contributed by atoms with Crippen LogP contribution in [0.25, 0.3) is 0 Å². The highest BCUT2D eigenvalue weighted by Crippen LogP contribution is 2.19. The second kappa shape index (κ2) is 5.90. The van der Waals surface area contributed by atoms with Crippen LogP contribution in [0, 0.1) is 5.41 Å². The fourth-order valence-electron chi connectivity index (χ4n) is 1.88. The van der Waals surface area contributed by atoms with Crippen molar-refractivity contribution in [2.45, 2.75) is 45.7 Å². The van der Waals surface area contributed by atoms with Crippen LogP contribution in [-0.2, 0) is 9.59 Å². The van der Waals surface area contributed by atoms with E-state index in [1.165, 1.54) is 0 Å². The standard InChI is InChI=1S/C12H21N3O4/c1-12(2,3)9(10(17)18)15-11(19)13-6-7-4-5-8(16)14-7/h7,9H,4-6H2,1-3H3,(H,14,16)(H,17,18)(H2,13,15,19)/t7?,9-/m1/s1. The highest BCUT2D eigenvalue weighted by atomic mass is 16.4. The van der Waals surface area contributed by atoms with Gasteiger partial charge in [-0.1, -0.05) is 20.8 Å². The van der Waals surface area contributed by atoms with E-state index in [-0.39, 0.29) is 11.9 Å². The van der Waals surface area contributed by atoms with Crippen LogP contribution in [0.4, 0.5) is 4.79 Å². The van der Waals surface area contributed by atoms with E-state index in [1.54, 1.807) is 20.8 Å². The molecule has 1 aliphatic heterocycles. The maximum atomic E-state index is 11.6. The van der Waals surface area contributed by atoms with E-state index in [9.17, 15) is 14.4 Å². The molecule has 108 valence electrons. The molecule has 1 heterocycles. The van der Waals surface area contributed by atoms with Crippen molar-refractivity contribution < 1.29 is 19.5 Å². The van der Waals surface area contributed by atoms with E-state index < -0.39 is 23.5 Å². The number of carbonyl (C=O) groups is 3. The Labute approximate surface area is 112 Å². The summed E-state index contributed by atoms with van der Waals surface area (Å²) >= 11 is 0. The normalized spacial score (nSPS) is 20.6. The summed E-state index contributed by atoms with van der Waals surface area (Å²) < 4.78 is 0. The highest BCUT2D eigenvalue weighted by molar-refractivity contribution is 5.83. The van der Waals surface area contributed by atoms with Crippen molar-refractivity contribution in [1.29, 1.82) is 0 Å². The van der Waals surface area contributed by atoms with Gasteiger partial charge >= 0.3 is 12.0 Å². The van der Waals surface area contributed by atoms with Crippen LogP contribution in [0.1, 0.15) is 33.6 Å². The molecule has 19 heavy (non-hydrogen) atoms. The van der Waals surface area contributed by atoms with Crippen LogP contribution < -0.4 is 16.0 Å². The second-order valence-corrected chi connectivity index (χ2v) is 5.79. The molecule has 1 fully saturated rings. The van der Waals surface area contributed by atoms with Crippen molar-refractivity contribution in [1.82, 2.24) is 16.0 Å². The van der Waals surface area contributed by atoms with Gasteiger partial charge in [-0.25, -0.2) is 9.59 Å². The lowest BCUT2D eigenvalue weighted by Crippen LogP contribution is -2.53. The van der Waals surface area contributed by atoms with Crippen LogP contribution >= 0.6 is 0 Å². The van der Waals surface area contributed by atoms with Crippen molar-refractivity contribution in [2.24, 2.45) is 5.41 Å². The Morgan fingerprint density at radius 3 is 2.53 bits per heavy atom. The molecular formula is C12H21N3O4. The van der Waals surface area contributed by atoms with Crippen LogP contribution in [0.5, 0.6) is 0 Å². The molecule has 0 radical (unpaired) electrons. The number of hydrogen-bond donors (Lipinski definition) is 4. The zero-order valence-electron chi connectivity index (χ0n) is 11.4. The van der Waals surface area contributed by atoms with Crippen LogP contribution in [0.2, 0.25) is 0 Å². The number of urea groups is 1. The minimum absolute atomic E-state index is 0.0229. The first-order chi connectivity index (χ1) is 8.70. The monoisotopic (exact) mass is 271 g/mol. The third-order valence-electron chi connectivity index (χ3n) is 2.98. The van der Waals surface area contributed by atoms with Gasteiger partial charge < -0.3 is 21.1 Å². The molecule has 3 amide bonds. The number of nitrogens with one attached hydrogen (secondary N) is 3. The van der Waals surface area contributed by atoms with Gasteiger partial charge in [-0.05, 0) is 11.8 Å². The van der Waals surface area contributed by atoms with E-state index in [1.807, 2.05) is 0 Å². The van der Waals surface area contributed by atoms with Gasteiger partial charge in [-0.3, -0.25) is 4.79 Å². The van der Waals surface area contributed by atoms with E-state index in [4.69, 9.17) is 5.11 Å². The van der Waals surface area contributed by atoms with Gasteiger partial charge in [0, 0.05) is 19.0 Å². The lowest BCUT2D eigenvalue weighted by molar-refractivity contribution is -0.141. The second-order valence-electron chi connectivity index (χ2n) is 5.79. The summed E-state index contributed by atoms with van der Waals surface area (Å²) in [5, 5.41) is 16.8. The first kappa shape index (κ1) is 15.3. The summed E-state index contributed by atoms with van der Waals surface area (Å²) in [6, 6.07) is -1.58. The predicted octanol–water partition coefficient (Wildman–Crippen LogP) is 0.0635. The molecule has 0 aromatic heterocycles. The average molecular weight is 271 g/mol. The molecule has 7 heteroatoms. The summed E-state index contributed by atoms with van der Waals surface area (Å²) in [5.41, 5.74) is -0.579. The number of aliphatic carboxylic acids is 1. The molecule has 0 aromatic rings. The molecule has 0 aliphatic carbocycles. The van der Waals surface area contributed by atoms with E-state index in [2.05, 4.69) is 16.0 Å².